The summed E-state index contributed by atoms with van der Waals surface area (Å²) in [7, 11) is 0. The van der Waals surface area contributed by atoms with E-state index in [1.165, 1.54) is 0 Å². The van der Waals surface area contributed by atoms with E-state index in [0.717, 1.165) is 0 Å². The van der Waals surface area contributed by atoms with Gasteiger partial charge in [0, 0.05) is 24.8 Å². The third-order valence-corrected chi connectivity index (χ3v) is 3.70. The predicted octanol–water partition coefficient (Wildman–Crippen LogP) is -2.59. The summed E-state index contributed by atoms with van der Waals surface area (Å²) in [6, 6.07) is 0. The van der Waals surface area contributed by atoms with Crippen molar-refractivity contribution in [2.45, 2.75) is 0 Å². The van der Waals surface area contributed by atoms with Crippen LogP contribution in [0.25, 0.3) is 0 Å². The van der Waals surface area contributed by atoms with E-state index in [2.05, 4.69) is 19.9 Å². The van der Waals surface area contributed by atoms with Crippen LogP contribution in [0.2, 0.25) is 0 Å². The van der Waals surface area contributed by atoms with Crippen LogP contribution in [0.1, 0.15) is 0 Å². The van der Waals surface area contributed by atoms with Crippen molar-refractivity contribution in [3.63, 3.8) is 0 Å². The molecule has 0 unspecified atom stereocenters. The maximum atomic E-state index is 4.20. The van der Waals surface area contributed by atoms with Gasteiger partial charge in [-0.15, -0.1) is 0 Å². The van der Waals surface area contributed by atoms with Crippen LogP contribution in [0, 0.1) is 0 Å². The summed E-state index contributed by atoms with van der Waals surface area (Å²) in [5.74, 6) is 0. The minimum absolute atomic E-state index is 0. The Morgan fingerprint density at radius 3 is 0.955 bits per heavy atom. The monoisotopic (exact) mass is 302 g/mol. The molecule has 0 aliphatic carbocycles. The molecule has 0 amide bonds. The van der Waals surface area contributed by atoms with Crippen LogP contribution in [-0.2, 0) is 0 Å². The average Bonchev–Trinajstić information content (AvgIpc) is 3.32. The van der Waals surface area contributed by atoms with Gasteiger partial charge in [-0.05, 0) is 24.8 Å². The number of hydrogen-bond acceptors (Lipinski definition) is 4. The fourth-order valence-corrected chi connectivity index (χ4v) is 2.82. The smallest absolute Gasteiger partial charge is 0.455 e. The number of nitrogens with zero attached hydrogens (tertiary/aromatic N) is 8. The third kappa shape index (κ3) is 2.05. The molecule has 8 nitrogen and oxygen atoms in total. The van der Waals surface area contributed by atoms with Gasteiger partial charge in [0.25, 0.3) is 0 Å². The fraction of sp³-hybridized carbons (Fsp3) is 0. The molecule has 0 fully saturated rings. The van der Waals surface area contributed by atoms with Gasteiger partial charge < -0.3 is 17.9 Å². The molecule has 0 spiro atoms. The molecular weight excluding hydrogens is 290 g/mol. The molecule has 0 aliphatic rings. The van der Waals surface area contributed by atoms with Gasteiger partial charge in [0.05, 0.1) is 25.3 Å². The van der Waals surface area contributed by atoms with E-state index < -0.39 is 6.69 Å². The summed E-state index contributed by atoms with van der Waals surface area (Å²) in [5.41, 5.74) is 0. The number of hydrogen-bond donors (Lipinski definition) is 0. The van der Waals surface area contributed by atoms with E-state index in [4.69, 9.17) is 0 Å². The van der Waals surface area contributed by atoms with Crippen molar-refractivity contribution in [2.24, 2.45) is 0 Å². The van der Waals surface area contributed by atoms with Crippen molar-refractivity contribution >= 4 is 6.69 Å². The van der Waals surface area contributed by atoms with Crippen LogP contribution in [0.4, 0.5) is 0 Å². The van der Waals surface area contributed by atoms with Crippen molar-refractivity contribution in [2.75, 3.05) is 0 Å². The first-order valence-electron chi connectivity index (χ1n) is 6.50. The standard InChI is InChI=1S/C12H12BN8.Na/c1-5-18(9-14-1)13(19-6-2-15-10-19,20-7-3-16-11-20)21-8-4-17-12-21;/h1-12H;/q-1;+1. The van der Waals surface area contributed by atoms with Crippen LogP contribution >= 0.6 is 0 Å². The molecule has 4 aromatic rings. The molecule has 10 heteroatoms. The van der Waals surface area contributed by atoms with Crippen molar-refractivity contribution in [1.82, 2.24) is 37.8 Å². The largest absolute Gasteiger partial charge is 1.00 e. The van der Waals surface area contributed by atoms with E-state index in [1.54, 1.807) is 50.1 Å². The molecule has 4 heterocycles. The second kappa shape index (κ2) is 5.95. The molecule has 0 radical (unpaired) electrons. The summed E-state index contributed by atoms with van der Waals surface area (Å²) in [6.07, 6.45) is 21.8. The zero-order valence-corrected chi connectivity index (χ0v) is 14.1. The van der Waals surface area contributed by atoms with E-state index in [-0.39, 0.29) is 29.6 Å². The molecule has 0 saturated heterocycles. The summed E-state index contributed by atoms with van der Waals surface area (Å²) in [4.78, 5) is 16.8. The van der Waals surface area contributed by atoms with Gasteiger partial charge in [-0.1, -0.05) is 0 Å². The van der Waals surface area contributed by atoms with Gasteiger partial charge in [0.1, 0.15) is 0 Å². The first-order valence-corrected chi connectivity index (χ1v) is 6.50. The molecule has 104 valence electrons. The van der Waals surface area contributed by atoms with Gasteiger partial charge in [-0.2, -0.15) is 0 Å². The summed E-state index contributed by atoms with van der Waals surface area (Å²) < 4.78 is 8.08. The second-order valence-electron chi connectivity index (χ2n) is 4.73. The molecule has 0 saturated carbocycles. The van der Waals surface area contributed by atoms with Crippen LogP contribution in [0.3, 0.4) is 0 Å². The van der Waals surface area contributed by atoms with E-state index in [9.17, 15) is 0 Å². The van der Waals surface area contributed by atoms with Gasteiger partial charge in [-0.3, -0.25) is 0 Å². The Morgan fingerprint density at radius 1 is 0.500 bits per heavy atom. The summed E-state index contributed by atoms with van der Waals surface area (Å²) >= 11 is 0. The maximum Gasteiger partial charge on any atom is 1.00 e. The number of aromatic nitrogens is 8. The van der Waals surface area contributed by atoms with Gasteiger partial charge in [0.15, 0.2) is 0 Å². The van der Waals surface area contributed by atoms with Crippen molar-refractivity contribution in [3.8, 4) is 0 Å². The minimum Gasteiger partial charge on any atom is -0.455 e. The Hall–Kier alpha value is -2.10. The van der Waals surface area contributed by atoms with Crippen LogP contribution in [-0.4, -0.2) is 44.5 Å². The van der Waals surface area contributed by atoms with E-state index in [1.807, 2.05) is 42.7 Å². The Bertz CT molecular complexity index is 649. The van der Waals surface area contributed by atoms with Crippen molar-refractivity contribution in [1.29, 1.82) is 0 Å². The molecule has 0 aromatic carbocycles. The van der Waals surface area contributed by atoms with Crippen LogP contribution < -0.4 is 29.6 Å². The topological polar surface area (TPSA) is 71.3 Å². The van der Waals surface area contributed by atoms with Crippen molar-refractivity contribution < 1.29 is 29.6 Å². The second-order valence-corrected chi connectivity index (χ2v) is 4.73. The molecule has 0 atom stereocenters. The van der Waals surface area contributed by atoms with Crippen LogP contribution in [0.15, 0.2) is 74.9 Å². The molecule has 0 N–H and O–H groups in total. The Kier molecular flexibility index (Phi) is 4.01. The molecule has 4 rings (SSSR count). The van der Waals surface area contributed by atoms with E-state index in [0.29, 0.717) is 0 Å². The maximum absolute atomic E-state index is 4.20. The Balaban J connectivity index is 0.00000144. The normalized spacial score (nSPS) is 11.3. The van der Waals surface area contributed by atoms with Crippen molar-refractivity contribution in [3.05, 3.63) is 74.9 Å². The first kappa shape index (κ1) is 14.8. The molecular formula is C12H12BN8Na. The SMILES string of the molecule is [Na+].c1cn([B-](n2ccnc2)(n2ccnc2)n2ccnc2)cn1. The zero-order valence-electron chi connectivity index (χ0n) is 12.1. The average molecular weight is 302 g/mol. The van der Waals surface area contributed by atoms with E-state index >= 15 is 0 Å². The Labute approximate surface area is 148 Å². The quantitative estimate of drug-likeness (QED) is 0.388. The number of rotatable bonds is 4. The predicted molar refractivity (Wildman–Crippen MR) is 76.3 cm³/mol. The third-order valence-electron chi connectivity index (χ3n) is 3.70. The molecule has 22 heavy (non-hydrogen) atoms. The Morgan fingerprint density at radius 2 is 0.773 bits per heavy atom. The molecule has 0 bridgehead atoms. The summed E-state index contributed by atoms with van der Waals surface area (Å²) in [6.45, 7) is -1.64. The van der Waals surface area contributed by atoms with Gasteiger partial charge >= 0.3 is 36.2 Å². The number of imidazole rings is 4. The first-order chi connectivity index (χ1) is 10.4. The van der Waals surface area contributed by atoms with Gasteiger partial charge in [0.2, 0.25) is 0 Å². The van der Waals surface area contributed by atoms with Gasteiger partial charge in [-0.25, -0.2) is 19.9 Å². The fourth-order valence-electron chi connectivity index (χ4n) is 2.82. The minimum atomic E-state index is -1.64. The molecule has 4 aromatic heterocycles. The molecule has 0 aliphatic heterocycles. The zero-order chi connectivity index (χ0) is 14.1. The van der Waals surface area contributed by atoms with Crippen LogP contribution in [0.5, 0.6) is 0 Å². The summed E-state index contributed by atoms with van der Waals surface area (Å²) in [5, 5.41) is 0.